The number of fused-ring (bicyclic) bond motifs is 1. The summed E-state index contributed by atoms with van der Waals surface area (Å²) in [6.45, 7) is 2.71. The highest BCUT2D eigenvalue weighted by Gasteiger charge is 2.11. The van der Waals surface area contributed by atoms with E-state index in [4.69, 9.17) is 14.2 Å². The second-order valence-electron chi connectivity index (χ2n) is 5.32. The van der Waals surface area contributed by atoms with E-state index in [1.54, 1.807) is 12.1 Å². The summed E-state index contributed by atoms with van der Waals surface area (Å²) in [6.07, 6.45) is 3.40. The summed E-state index contributed by atoms with van der Waals surface area (Å²) in [5.41, 5.74) is 3.97. The molecule has 1 aromatic carbocycles. The van der Waals surface area contributed by atoms with Crippen molar-refractivity contribution in [3.05, 3.63) is 35.5 Å². The number of amides is 1. The monoisotopic (exact) mass is 374 g/mol. The Morgan fingerprint density at radius 1 is 1.31 bits per heavy atom. The number of aromatic nitrogens is 2. The smallest absolute Gasteiger partial charge is 0.278 e. The molecule has 0 fully saturated rings. The van der Waals surface area contributed by atoms with Gasteiger partial charge in [-0.15, -0.1) is 0 Å². The van der Waals surface area contributed by atoms with Crippen LogP contribution in [-0.4, -0.2) is 48.2 Å². The van der Waals surface area contributed by atoms with Gasteiger partial charge in [-0.05, 0) is 36.9 Å². The van der Waals surface area contributed by atoms with Crippen molar-refractivity contribution in [2.24, 2.45) is 5.10 Å². The van der Waals surface area contributed by atoms with Crippen molar-refractivity contribution in [3.63, 3.8) is 0 Å². The summed E-state index contributed by atoms with van der Waals surface area (Å²) in [5.74, 6) is 1.34. The number of ether oxygens (including phenoxy) is 3. The molecule has 1 aliphatic rings. The minimum Gasteiger partial charge on any atom is -0.486 e. The van der Waals surface area contributed by atoms with Crippen LogP contribution in [0.2, 0.25) is 0 Å². The predicted octanol–water partition coefficient (Wildman–Crippen LogP) is 1.81. The lowest BCUT2D eigenvalue weighted by Gasteiger charge is -2.18. The molecule has 0 radical (unpaired) electrons. The first-order valence-corrected chi connectivity index (χ1v) is 9.10. The van der Waals surface area contributed by atoms with E-state index in [1.807, 2.05) is 25.3 Å². The largest absolute Gasteiger partial charge is 0.486 e. The number of carbonyl (C=O) groups is 1. The van der Waals surface area contributed by atoms with Crippen LogP contribution in [0.1, 0.15) is 11.3 Å². The minimum absolute atomic E-state index is 0.192. The van der Waals surface area contributed by atoms with E-state index in [9.17, 15) is 4.79 Å². The zero-order valence-corrected chi connectivity index (χ0v) is 15.2. The molecule has 26 heavy (non-hydrogen) atoms. The molecule has 0 saturated heterocycles. The van der Waals surface area contributed by atoms with Crippen LogP contribution in [0, 0.1) is 6.92 Å². The maximum absolute atomic E-state index is 11.8. The lowest BCUT2D eigenvalue weighted by molar-refractivity contribution is -0.123. The number of hydrazone groups is 1. The van der Waals surface area contributed by atoms with Crippen molar-refractivity contribution < 1.29 is 19.0 Å². The van der Waals surface area contributed by atoms with Gasteiger partial charge in [0.05, 0.1) is 6.21 Å². The van der Waals surface area contributed by atoms with Crippen LogP contribution in [0.3, 0.4) is 0 Å². The molecule has 0 aliphatic carbocycles. The second-order valence-corrected chi connectivity index (χ2v) is 6.09. The molecule has 0 spiro atoms. The van der Waals surface area contributed by atoms with Crippen LogP contribution in [0.4, 0.5) is 0 Å². The summed E-state index contributed by atoms with van der Waals surface area (Å²) in [4.78, 5) is 20.2. The summed E-state index contributed by atoms with van der Waals surface area (Å²) >= 11 is 1.41. The summed E-state index contributed by atoms with van der Waals surface area (Å²) in [6, 6.07) is 7.11. The Morgan fingerprint density at radius 3 is 2.92 bits per heavy atom. The number of nitrogens with one attached hydrogen (secondary N) is 1. The van der Waals surface area contributed by atoms with Crippen LogP contribution in [-0.2, 0) is 4.79 Å². The van der Waals surface area contributed by atoms with Gasteiger partial charge in [0.2, 0.25) is 5.88 Å². The van der Waals surface area contributed by atoms with Crippen molar-refractivity contribution in [2.75, 3.05) is 26.1 Å². The van der Waals surface area contributed by atoms with Gasteiger partial charge < -0.3 is 14.2 Å². The average Bonchev–Trinajstić information content (AvgIpc) is 2.66. The topological polar surface area (TPSA) is 94.9 Å². The standard InChI is InChI=1S/C17H18N4O4S/c1-11-7-16(20-17(19-11)26-2)25-10-15(22)21-18-9-12-3-4-13-14(8-12)24-6-5-23-13/h3-4,7-9H,5-6,10H2,1-2H3,(H,21,22). The molecule has 1 aliphatic heterocycles. The van der Waals surface area contributed by atoms with E-state index in [2.05, 4.69) is 20.5 Å². The molecule has 0 bridgehead atoms. The number of aryl methyl sites for hydroxylation is 1. The molecule has 0 unspecified atom stereocenters. The maximum Gasteiger partial charge on any atom is 0.278 e. The van der Waals surface area contributed by atoms with Gasteiger partial charge in [-0.3, -0.25) is 4.79 Å². The fourth-order valence-corrected chi connectivity index (χ4v) is 2.59. The highest BCUT2D eigenvalue weighted by Crippen LogP contribution is 2.30. The Kier molecular flexibility index (Phi) is 5.90. The fourth-order valence-electron chi connectivity index (χ4n) is 2.17. The first-order valence-electron chi connectivity index (χ1n) is 7.88. The highest BCUT2D eigenvalue weighted by molar-refractivity contribution is 7.98. The number of benzene rings is 1. The molecule has 2 aromatic rings. The van der Waals surface area contributed by atoms with Gasteiger partial charge in [-0.2, -0.15) is 10.1 Å². The van der Waals surface area contributed by atoms with Crippen LogP contribution < -0.4 is 19.6 Å². The fraction of sp³-hybridized carbons (Fsp3) is 0.294. The first-order chi connectivity index (χ1) is 12.6. The van der Waals surface area contributed by atoms with Gasteiger partial charge >= 0.3 is 0 Å². The van der Waals surface area contributed by atoms with Crippen LogP contribution in [0.15, 0.2) is 34.5 Å². The molecule has 1 aromatic heterocycles. The summed E-state index contributed by atoms with van der Waals surface area (Å²) in [7, 11) is 0. The van der Waals surface area contributed by atoms with E-state index in [1.165, 1.54) is 18.0 Å². The van der Waals surface area contributed by atoms with Gasteiger partial charge in [0.15, 0.2) is 23.3 Å². The van der Waals surface area contributed by atoms with Gasteiger partial charge in [-0.1, -0.05) is 11.8 Å². The van der Waals surface area contributed by atoms with Crippen LogP contribution in [0.5, 0.6) is 17.4 Å². The molecule has 136 valence electrons. The van der Waals surface area contributed by atoms with Crippen molar-refractivity contribution in [2.45, 2.75) is 12.1 Å². The molecule has 8 nitrogen and oxygen atoms in total. The molecule has 3 rings (SSSR count). The number of thioether (sulfide) groups is 1. The van der Waals surface area contributed by atoms with Crippen molar-refractivity contribution >= 4 is 23.9 Å². The molecule has 0 atom stereocenters. The predicted molar refractivity (Wildman–Crippen MR) is 97.2 cm³/mol. The molecular weight excluding hydrogens is 356 g/mol. The van der Waals surface area contributed by atoms with E-state index in [0.717, 1.165) is 11.3 Å². The van der Waals surface area contributed by atoms with E-state index in [-0.39, 0.29) is 12.5 Å². The average molecular weight is 374 g/mol. The molecule has 2 heterocycles. The number of rotatable bonds is 6. The Balaban J connectivity index is 1.51. The zero-order chi connectivity index (χ0) is 18.4. The molecule has 1 N–H and O–H groups in total. The molecule has 1 amide bonds. The Hall–Kier alpha value is -2.81. The van der Waals surface area contributed by atoms with Crippen LogP contribution >= 0.6 is 11.8 Å². The number of hydrogen-bond acceptors (Lipinski definition) is 8. The van der Waals surface area contributed by atoms with E-state index >= 15 is 0 Å². The SMILES string of the molecule is CSc1nc(C)cc(OCC(=O)NN=Cc2ccc3c(c2)OCCO3)n1. The van der Waals surface area contributed by atoms with Gasteiger partial charge in [0.1, 0.15) is 13.2 Å². The molecule has 0 saturated carbocycles. The lowest BCUT2D eigenvalue weighted by Crippen LogP contribution is -2.25. The van der Waals surface area contributed by atoms with E-state index in [0.29, 0.717) is 35.7 Å². The quantitative estimate of drug-likeness (QED) is 0.357. The third-order valence-corrected chi connectivity index (χ3v) is 3.86. The van der Waals surface area contributed by atoms with Crippen molar-refractivity contribution in [1.82, 2.24) is 15.4 Å². The van der Waals surface area contributed by atoms with Crippen molar-refractivity contribution in [1.29, 1.82) is 0 Å². The summed E-state index contributed by atoms with van der Waals surface area (Å²) in [5, 5.41) is 4.51. The minimum atomic E-state index is -0.388. The van der Waals surface area contributed by atoms with E-state index < -0.39 is 0 Å². The Bertz CT molecular complexity index is 828. The Labute approximate surface area is 155 Å². The van der Waals surface area contributed by atoms with Crippen LogP contribution in [0.25, 0.3) is 0 Å². The van der Waals surface area contributed by atoms with Gasteiger partial charge in [-0.25, -0.2) is 10.4 Å². The zero-order valence-electron chi connectivity index (χ0n) is 14.4. The summed E-state index contributed by atoms with van der Waals surface area (Å²) < 4.78 is 16.3. The molecular formula is C17H18N4O4S. The second kappa shape index (κ2) is 8.52. The van der Waals surface area contributed by atoms with Gasteiger partial charge in [0.25, 0.3) is 5.91 Å². The number of nitrogens with zero attached hydrogens (tertiary/aromatic N) is 3. The maximum atomic E-state index is 11.8. The van der Waals surface area contributed by atoms with Gasteiger partial charge in [0, 0.05) is 11.8 Å². The van der Waals surface area contributed by atoms with Crippen molar-refractivity contribution in [3.8, 4) is 17.4 Å². The lowest BCUT2D eigenvalue weighted by atomic mass is 10.2. The number of carbonyl (C=O) groups excluding carboxylic acids is 1. The Morgan fingerprint density at radius 2 is 2.12 bits per heavy atom. The third-order valence-electron chi connectivity index (χ3n) is 3.31. The highest BCUT2D eigenvalue weighted by atomic mass is 32.2. The number of hydrogen-bond donors (Lipinski definition) is 1. The normalized spacial score (nSPS) is 12.8. The first kappa shape index (κ1) is 18.0. The molecule has 9 heteroatoms. The third kappa shape index (κ3) is 4.85.